The summed E-state index contributed by atoms with van der Waals surface area (Å²) in [5.41, 5.74) is 1.40. The molecule has 3 heteroatoms. The molecular formula is C7H15IN2. The molecule has 0 aliphatic carbocycles. The van der Waals surface area contributed by atoms with Crippen LogP contribution in [0.2, 0.25) is 0 Å². The van der Waals surface area contributed by atoms with Crippen LogP contribution in [0.15, 0.2) is 3.21 Å². The zero-order chi connectivity index (χ0) is 8.36. The first kappa shape index (κ1) is 9.94. The van der Waals surface area contributed by atoms with Crippen LogP contribution < -0.4 is 0 Å². The number of hydrogen-bond acceptors (Lipinski definition) is 2. The number of nitrogens with zero attached hydrogens (tertiary/aromatic N) is 1. The molecular weight excluding hydrogens is 239 g/mol. The zero-order valence-electron chi connectivity index (χ0n) is 7.03. The third-order valence-corrected chi connectivity index (χ3v) is 2.93. The van der Waals surface area contributed by atoms with Gasteiger partial charge in [-0.3, -0.25) is 0 Å². The number of nitrogens with one attached hydrogen (secondary N) is 1. The summed E-state index contributed by atoms with van der Waals surface area (Å²) in [6.07, 6.45) is 0. The van der Waals surface area contributed by atoms with Gasteiger partial charge in [0, 0.05) is 0 Å². The van der Waals surface area contributed by atoms with Gasteiger partial charge in [0.2, 0.25) is 0 Å². The van der Waals surface area contributed by atoms with Gasteiger partial charge in [0.15, 0.2) is 0 Å². The van der Waals surface area contributed by atoms with Crippen molar-refractivity contribution in [1.29, 1.82) is 5.41 Å². The van der Waals surface area contributed by atoms with E-state index in [1.807, 2.05) is 6.92 Å². The van der Waals surface area contributed by atoms with Gasteiger partial charge in [0.1, 0.15) is 0 Å². The summed E-state index contributed by atoms with van der Waals surface area (Å²) in [5, 5.41) is 7.25. The van der Waals surface area contributed by atoms with Crippen LogP contribution in [0.4, 0.5) is 0 Å². The van der Waals surface area contributed by atoms with Crippen molar-refractivity contribution < 1.29 is 0 Å². The first-order valence-electron chi connectivity index (χ1n) is 2.92. The van der Waals surface area contributed by atoms with E-state index in [0.29, 0.717) is 5.71 Å². The first-order chi connectivity index (χ1) is 4.33. The van der Waals surface area contributed by atoms with E-state index < -0.39 is 18.2 Å². The number of halogens is 1. The van der Waals surface area contributed by atoms with E-state index in [0.717, 1.165) is 5.71 Å². The molecule has 0 aromatic rings. The fraction of sp³-hybridized carbons (Fsp3) is 0.571. The van der Waals surface area contributed by atoms with Gasteiger partial charge in [-0.25, -0.2) is 0 Å². The quantitative estimate of drug-likeness (QED) is 0.445. The van der Waals surface area contributed by atoms with Gasteiger partial charge >= 0.3 is 66.5 Å². The second-order valence-electron chi connectivity index (χ2n) is 2.66. The predicted octanol–water partition coefficient (Wildman–Crippen LogP) is 2.14. The molecule has 0 aromatic heterocycles. The minimum absolute atomic E-state index is 0.556. The van der Waals surface area contributed by atoms with Gasteiger partial charge in [-0.05, 0) is 0 Å². The predicted molar refractivity (Wildman–Crippen MR) is 59.5 cm³/mol. The molecule has 60 valence electrons. The monoisotopic (exact) mass is 254 g/mol. The van der Waals surface area contributed by atoms with Crippen LogP contribution >= 0.6 is 18.2 Å². The minimum atomic E-state index is -1.97. The molecule has 0 spiro atoms. The molecule has 0 saturated carbocycles. The summed E-state index contributed by atoms with van der Waals surface area (Å²) >= 11 is -1.97. The molecule has 0 aliphatic heterocycles. The molecule has 0 atom stereocenters. The Labute approximate surface area is 66.6 Å². The second-order valence-corrected chi connectivity index (χ2v) is 11.0. The summed E-state index contributed by atoms with van der Waals surface area (Å²) in [6, 6.07) is 0. The molecule has 0 aromatic carbocycles. The van der Waals surface area contributed by atoms with E-state index in [1.54, 1.807) is 6.92 Å². The molecule has 1 N–H and O–H groups in total. The molecule has 0 aliphatic rings. The molecule has 0 rings (SSSR count). The molecule has 0 unspecified atom stereocenters. The molecule has 0 amide bonds. The van der Waals surface area contributed by atoms with E-state index in [9.17, 15) is 0 Å². The Morgan fingerprint density at radius 1 is 1.40 bits per heavy atom. The summed E-state index contributed by atoms with van der Waals surface area (Å²) in [6.45, 7) is 3.63. The van der Waals surface area contributed by atoms with Crippen molar-refractivity contribution in [3.63, 3.8) is 0 Å². The van der Waals surface area contributed by atoms with Gasteiger partial charge in [0.05, 0.1) is 0 Å². The topological polar surface area (TPSA) is 36.2 Å². The fourth-order valence-electron chi connectivity index (χ4n) is 0.407. The van der Waals surface area contributed by atoms with E-state index in [4.69, 9.17) is 5.41 Å². The average Bonchev–Trinajstić information content (AvgIpc) is 1.60. The molecule has 0 bridgehead atoms. The Morgan fingerprint density at radius 3 is 1.90 bits per heavy atom. The van der Waals surface area contributed by atoms with Crippen molar-refractivity contribution in [2.75, 3.05) is 9.86 Å². The summed E-state index contributed by atoms with van der Waals surface area (Å²) < 4.78 is 8.36. The van der Waals surface area contributed by atoms with E-state index >= 15 is 0 Å². The number of hydrogen-bond donors (Lipinski definition) is 1. The standard InChI is InChI=1S/C7H15IN2/c1-6(9)7(2)10-8(3,4)5/h9H,3H2,1-2,4-5H3/b9-6?,10-7-. The first-order valence-corrected chi connectivity index (χ1v) is 9.72. The van der Waals surface area contributed by atoms with E-state index in [1.165, 1.54) is 0 Å². The Bertz CT molecular complexity index is 210. The fourth-order valence-corrected chi connectivity index (χ4v) is 2.73. The van der Waals surface area contributed by atoms with Crippen LogP contribution in [-0.4, -0.2) is 25.8 Å². The summed E-state index contributed by atoms with van der Waals surface area (Å²) in [4.78, 5) is 4.19. The SMILES string of the molecule is C=I(C)(C)/N=C(/C)C(C)=N. The Balaban J connectivity index is 4.48. The van der Waals surface area contributed by atoms with Crippen LogP contribution in [0.5, 0.6) is 0 Å². The van der Waals surface area contributed by atoms with Gasteiger partial charge < -0.3 is 0 Å². The normalized spacial score (nSPS) is 15.0. The van der Waals surface area contributed by atoms with Gasteiger partial charge in [-0.15, -0.1) is 0 Å². The number of alkyl halides is 2. The maximum absolute atomic E-state index is 7.25. The zero-order valence-corrected chi connectivity index (χ0v) is 9.19. The molecule has 0 radical (unpaired) electrons. The third-order valence-electron chi connectivity index (χ3n) is 0.898. The van der Waals surface area contributed by atoms with Crippen molar-refractivity contribution in [2.24, 2.45) is 3.21 Å². The average molecular weight is 254 g/mol. The summed E-state index contributed by atoms with van der Waals surface area (Å²) in [7, 11) is 0. The van der Waals surface area contributed by atoms with E-state index in [2.05, 4.69) is 17.6 Å². The van der Waals surface area contributed by atoms with Crippen LogP contribution in [0.25, 0.3) is 0 Å². The van der Waals surface area contributed by atoms with Crippen molar-refractivity contribution >= 4 is 34.2 Å². The maximum atomic E-state index is 7.25. The van der Waals surface area contributed by atoms with Gasteiger partial charge in [-0.2, -0.15) is 0 Å². The van der Waals surface area contributed by atoms with Gasteiger partial charge in [-0.1, -0.05) is 0 Å². The van der Waals surface area contributed by atoms with E-state index in [-0.39, 0.29) is 0 Å². The van der Waals surface area contributed by atoms with Crippen LogP contribution in [0.1, 0.15) is 13.8 Å². The Hall–Kier alpha value is -0.0600. The molecule has 10 heavy (non-hydrogen) atoms. The third kappa shape index (κ3) is 4.78. The Kier molecular flexibility index (Phi) is 3.35. The molecule has 2 nitrogen and oxygen atoms in total. The van der Waals surface area contributed by atoms with Crippen LogP contribution in [-0.2, 0) is 0 Å². The molecule has 0 heterocycles. The molecule has 0 saturated heterocycles. The van der Waals surface area contributed by atoms with Crippen molar-refractivity contribution in [2.45, 2.75) is 13.8 Å². The number of rotatable bonds is 2. The van der Waals surface area contributed by atoms with Crippen LogP contribution in [0.3, 0.4) is 0 Å². The Morgan fingerprint density at radius 2 is 1.80 bits per heavy atom. The van der Waals surface area contributed by atoms with Crippen molar-refractivity contribution in [3.8, 4) is 0 Å². The van der Waals surface area contributed by atoms with Crippen molar-refractivity contribution in [1.82, 2.24) is 0 Å². The second kappa shape index (κ2) is 3.37. The van der Waals surface area contributed by atoms with Gasteiger partial charge in [0.25, 0.3) is 0 Å². The molecule has 0 fully saturated rings. The van der Waals surface area contributed by atoms with Crippen molar-refractivity contribution in [3.05, 3.63) is 0 Å². The summed E-state index contributed by atoms with van der Waals surface area (Å²) in [5.74, 6) is 0. The van der Waals surface area contributed by atoms with Crippen LogP contribution in [0, 0.1) is 5.41 Å².